The van der Waals surface area contributed by atoms with E-state index in [1.54, 1.807) is 18.5 Å². The molecule has 0 spiro atoms. The fraction of sp³-hybridized carbons (Fsp3) is 0.636. The lowest BCUT2D eigenvalue weighted by Crippen LogP contribution is -2.34. The van der Waals surface area contributed by atoms with Crippen molar-refractivity contribution in [2.45, 2.75) is 30.4 Å². The van der Waals surface area contributed by atoms with Gasteiger partial charge in [0.2, 0.25) is 10.0 Å². The van der Waals surface area contributed by atoms with E-state index in [2.05, 4.69) is 0 Å². The van der Waals surface area contributed by atoms with Crippen molar-refractivity contribution in [2.75, 3.05) is 20.2 Å². The van der Waals surface area contributed by atoms with Gasteiger partial charge in [0.25, 0.3) is 0 Å². The Morgan fingerprint density at radius 3 is 3.00 bits per heavy atom. The van der Waals surface area contributed by atoms with E-state index < -0.39 is 10.0 Å². The highest BCUT2D eigenvalue weighted by Crippen LogP contribution is 2.25. The van der Waals surface area contributed by atoms with Gasteiger partial charge in [-0.25, -0.2) is 8.42 Å². The van der Waals surface area contributed by atoms with Crippen LogP contribution in [0.25, 0.3) is 0 Å². The molecule has 0 amide bonds. The number of hydrogen-bond donors (Lipinski definition) is 1. The molecule has 0 radical (unpaired) electrons. The van der Waals surface area contributed by atoms with E-state index in [-0.39, 0.29) is 12.6 Å². The molecule has 2 N–H and O–H groups in total. The monoisotopic (exact) mass is 290 g/mol. The highest BCUT2D eigenvalue weighted by molar-refractivity contribution is 7.89. The van der Waals surface area contributed by atoms with Gasteiger partial charge in [-0.05, 0) is 24.3 Å². The average Bonchev–Trinajstić information content (AvgIpc) is 2.98. The summed E-state index contributed by atoms with van der Waals surface area (Å²) in [5, 5.41) is 1.76. The van der Waals surface area contributed by atoms with Crippen LogP contribution < -0.4 is 5.73 Å². The molecule has 2 heterocycles. The van der Waals surface area contributed by atoms with Crippen LogP contribution in [-0.4, -0.2) is 39.0 Å². The van der Waals surface area contributed by atoms with Gasteiger partial charge < -0.3 is 10.5 Å². The maximum absolute atomic E-state index is 12.4. The van der Waals surface area contributed by atoms with Crippen molar-refractivity contribution < 1.29 is 13.2 Å². The number of likely N-dealkylation sites (N-methyl/N-ethyl adjacent to an activating group) is 1. The maximum Gasteiger partial charge on any atom is 0.244 e. The van der Waals surface area contributed by atoms with E-state index in [1.807, 2.05) is 0 Å². The molecule has 5 nitrogen and oxygen atoms in total. The molecule has 1 saturated heterocycles. The predicted molar refractivity (Wildman–Crippen MR) is 71.0 cm³/mol. The second-order valence-corrected chi connectivity index (χ2v) is 7.35. The number of nitrogens with zero attached hydrogens (tertiary/aromatic N) is 1. The van der Waals surface area contributed by atoms with Crippen LogP contribution in [0.15, 0.2) is 16.3 Å². The lowest BCUT2D eigenvalue weighted by Gasteiger charge is -2.20. The van der Waals surface area contributed by atoms with Crippen molar-refractivity contribution in [3.8, 4) is 0 Å². The molecule has 2 rings (SSSR count). The third-order valence-corrected chi connectivity index (χ3v) is 6.04. The van der Waals surface area contributed by atoms with Crippen molar-refractivity contribution in [1.29, 1.82) is 0 Å². The minimum atomic E-state index is -3.44. The Bertz CT molecular complexity index is 492. The standard InChI is InChI=1S/C11H18N2O3S2/c1-13(8-9-3-2-5-16-9)18(14,15)11-4-6-17-10(11)7-12/h4,6,9H,2-3,5,7-8,12H2,1H3. The first-order valence-corrected chi connectivity index (χ1v) is 8.22. The third kappa shape index (κ3) is 2.75. The topological polar surface area (TPSA) is 72.6 Å². The summed E-state index contributed by atoms with van der Waals surface area (Å²) in [6.07, 6.45) is 1.95. The summed E-state index contributed by atoms with van der Waals surface area (Å²) in [4.78, 5) is 1.03. The lowest BCUT2D eigenvalue weighted by atomic mass is 10.2. The van der Waals surface area contributed by atoms with E-state index in [9.17, 15) is 8.42 Å². The van der Waals surface area contributed by atoms with Crippen LogP contribution in [0.1, 0.15) is 17.7 Å². The molecular formula is C11H18N2O3S2. The van der Waals surface area contributed by atoms with Crippen LogP contribution in [0.3, 0.4) is 0 Å². The zero-order chi connectivity index (χ0) is 13.2. The summed E-state index contributed by atoms with van der Waals surface area (Å²) in [6, 6.07) is 1.62. The molecule has 1 atom stereocenters. The van der Waals surface area contributed by atoms with Crippen molar-refractivity contribution in [3.05, 3.63) is 16.3 Å². The SMILES string of the molecule is CN(CC1CCCO1)S(=O)(=O)c1ccsc1CN. The fourth-order valence-corrected chi connectivity index (χ4v) is 4.55. The van der Waals surface area contributed by atoms with Crippen molar-refractivity contribution in [1.82, 2.24) is 4.31 Å². The summed E-state index contributed by atoms with van der Waals surface area (Å²) >= 11 is 1.37. The van der Waals surface area contributed by atoms with Gasteiger partial charge in [0, 0.05) is 31.6 Å². The summed E-state index contributed by atoms with van der Waals surface area (Å²) in [7, 11) is -1.85. The van der Waals surface area contributed by atoms with Gasteiger partial charge in [-0.1, -0.05) is 0 Å². The van der Waals surface area contributed by atoms with Crippen LogP contribution >= 0.6 is 11.3 Å². The van der Waals surface area contributed by atoms with Crippen molar-refractivity contribution in [3.63, 3.8) is 0 Å². The molecule has 1 aromatic rings. The molecule has 18 heavy (non-hydrogen) atoms. The molecule has 1 aliphatic rings. The Balaban J connectivity index is 2.14. The summed E-state index contributed by atoms with van der Waals surface area (Å²) in [5.41, 5.74) is 5.56. The first kappa shape index (κ1) is 14.0. The second kappa shape index (κ2) is 5.66. The molecule has 0 bridgehead atoms. The van der Waals surface area contributed by atoms with E-state index >= 15 is 0 Å². The van der Waals surface area contributed by atoms with E-state index in [1.165, 1.54) is 15.6 Å². The van der Waals surface area contributed by atoms with Gasteiger partial charge in [-0.2, -0.15) is 4.31 Å². The van der Waals surface area contributed by atoms with E-state index in [0.717, 1.165) is 19.4 Å². The number of sulfonamides is 1. The Morgan fingerprint density at radius 1 is 1.61 bits per heavy atom. The van der Waals surface area contributed by atoms with Gasteiger partial charge in [0.15, 0.2) is 0 Å². The Labute approximate surface area is 112 Å². The minimum absolute atomic E-state index is 0.0183. The number of ether oxygens (including phenoxy) is 1. The molecule has 1 aliphatic heterocycles. The second-order valence-electron chi connectivity index (χ2n) is 4.33. The van der Waals surface area contributed by atoms with Crippen LogP contribution in [0.4, 0.5) is 0 Å². The van der Waals surface area contributed by atoms with E-state index in [4.69, 9.17) is 10.5 Å². The first-order chi connectivity index (χ1) is 8.55. The van der Waals surface area contributed by atoms with Gasteiger partial charge in [0.1, 0.15) is 0 Å². The summed E-state index contributed by atoms with van der Waals surface area (Å²) in [6.45, 7) is 1.38. The molecule has 0 aromatic carbocycles. The van der Waals surface area contributed by atoms with Gasteiger partial charge in [-0.3, -0.25) is 0 Å². The zero-order valence-electron chi connectivity index (χ0n) is 10.3. The molecule has 1 unspecified atom stereocenters. The maximum atomic E-state index is 12.4. The van der Waals surface area contributed by atoms with E-state index in [0.29, 0.717) is 16.3 Å². The normalized spacial score (nSPS) is 20.7. The molecule has 1 aromatic heterocycles. The molecule has 102 valence electrons. The first-order valence-electron chi connectivity index (χ1n) is 5.90. The van der Waals surface area contributed by atoms with Crippen molar-refractivity contribution in [2.24, 2.45) is 5.73 Å². The molecule has 1 fully saturated rings. The molecule has 7 heteroatoms. The fourth-order valence-electron chi connectivity index (χ4n) is 2.05. The molecule has 0 aliphatic carbocycles. The highest BCUT2D eigenvalue weighted by atomic mass is 32.2. The smallest absolute Gasteiger partial charge is 0.244 e. The Kier molecular flexibility index (Phi) is 4.39. The van der Waals surface area contributed by atoms with Crippen molar-refractivity contribution >= 4 is 21.4 Å². The quantitative estimate of drug-likeness (QED) is 0.878. The van der Waals surface area contributed by atoms with Gasteiger partial charge in [-0.15, -0.1) is 11.3 Å². The molecule has 0 saturated carbocycles. The number of hydrogen-bond acceptors (Lipinski definition) is 5. The largest absolute Gasteiger partial charge is 0.377 e. The summed E-state index contributed by atoms with van der Waals surface area (Å²) < 4.78 is 31.6. The Morgan fingerprint density at radius 2 is 2.39 bits per heavy atom. The lowest BCUT2D eigenvalue weighted by molar-refractivity contribution is 0.0979. The van der Waals surface area contributed by atoms with Crippen LogP contribution in [-0.2, 0) is 21.3 Å². The van der Waals surface area contributed by atoms with Gasteiger partial charge >= 0.3 is 0 Å². The highest BCUT2D eigenvalue weighted by Gasteiger charge is 2.28. The zero-order valence-corrected chi connectivity index (χ0v) is 12.0. The number of thiophene rings is 1. The number of nitrogens with two attached hydrogens (primary N) is 1. The van der Waals surface area contributed by atoms with Crippen LogP contribution in [0.5, 0.6) is 0 Å². The summed E-state index contributed by atoms with van der Waals surface area (Å²) in [5.74, 6) is 0. The minimum Gasteiger partial charge on any atom is -0.377 e. The average molecular weight is 290 g/mol. The predicted octanol–water partition coefficient (Wildman–Crippen LogP) is 1.01. The Hall–Kier alpha value is -0.470. The molecular weight excluding hydrogens is 272 g/mol. The van der Waals surface area contributed by atoms with Gasteiger partial charge in [0.05, 0.1) is 11.0 Å². The third-order valence-electron chi connectivity index (χ3n) is 3.06. The number of rotatable bonds is 5. The van der Waals surface area contributed by atoms with Crippen LogP contribution in [0.2, 0.25) is 0 Å². The van der Waals surface area contributed by atoms with Crippen LogP contribution in [0, 0.1) is 0 Å².